The van der Waals surface area contributed by atoms with Crippen LogP contribution in [0.25, 0.3) is 6.08 Å². The van der Waals surface area contributed by atoms with Crippen LogP contribution >= 0.6 is 0 Å². The number of carbonyl (C=O) groups is 4. The summed E-state index contributed by atoms with van der Waals surface area (Å²) < 4.78 is 10.7. The van der Waals surface area contributed by atoms with E-state index in [1.54, 1.807) is 30.3 Å². The van der Waals surface area contributed by atoms with Gasteiger partial charge in [0.1, 0.15) is 18.1 Å². The summed E-state index contributed by atoms with van der Waals surface area (Å²) in [5.74, 6) is -0.677. The number of esters is 1. The number of amides is 2. The van der Waals surface area contributed by atoms with Crippen LogP contribution in [0, 0.1) is 5.92 Å². The summed E-state index contributed by atoms with van der Waals surface area (Å²) in [7, 11) is 0. The molecule has 39 heavy (non-hydrogen) atoms. The van der Waals surface area contributed by atoms with Crippen LogP contribution in [0.3, 0.4) is 0 Å². The number of hydrogen-bond acceptors (Lipinski definition) is 6. The second-order valence-corrected chi connectivity index (χ2v) is 9.93. The van der Waals surface area contributed by atoms with Crippen molar-refractivity contribution in [2.45, 2.75) is 50.9 Å². The summed E-state index contributed by atoms with van der Waals surface area (Å²) in [4.78, 5) is 48.1. The molecule has 2 aliphatic carbocycles. The number of hydrogen-bond donors (Lipinski definition) is 3. The number of ether oxygens (including phenoxy) is 2. The zero-order chi connectivity index (χ0) is 27.6. The zero-order valence-corrected chi connectivity index (χ0v) is 21.8. The van der Waals surface area contributed by atoms with Gasteiger partial charge in [-0.15, -0.1) is 0 Å². The number of nitrogens with one attached hydrogen (secondary N) is 2. The molecule has 0 bridgehead atoms. The summed E-state index contributed by atoms with van der Waals surface area (Å²) in [6.07, 6.45) is 6.98. The van der Waals surface area contributed by atoms with Crippen LogP contribution in [-0.2, 0) is 19.1 Å². The van der Waals surface area contributed by atoms with Gasteiger partial charge in [0, 0.05) is 5.56 Å². The molecule has 0 atom stereocenters. The van der Waals surface area contributed by atoms with E-state index in [0.717, 1.165) is 17.9 Å². The molecular weight excluding hydrogens is 500 g/mol. The van der Waals surface area contributed by atoms with Gasteiger partial charge in [-0.2, -0.15) is 0 Å². The standard InChI is InChI=1S/C30H34N2O7/c33-27(34)13-14-28(35)39-18-16-31-30(37)26(19-21-3-5-22(6-4-21)23-7-8-23)32-29(36)24-9-11-25(12-10-24)38-17-15-20-1-2-20/h3-6,9-12,19-20,23H,1-2,7-8,13-18H2,(H,31,37)(H,32,36)(H,33,34). The van der Waals surface area contributed by atoms with Gasteiger partial charge in [0.05, 0.1) is 26.0 Å². The first-order valence-electron chi connectivity index (χ1n) is 13.4. The van der Waals surface area contributed by atoms with Crippen molar-refractivity contribution in [1.82, 2.24) is 10.6 Å². The molecule has 0 aromatic heterocycles. The molecule has 2 aliphatic rings. The topological polar surface area (TPSA) is 131 Å². The van der Waals surface area contributed by atoms with Crippen molar-refractivity contribution >= 4 is 29.8 Å². The number of carboxylic acids is 1. The van der Waals surface area contributed by atoms with Gasteiger partial charge in [0.2, 0.25) is 0 Å². The molecule has 9 heteroatoms. The van der Waals surface area contributed by atoms with Crippen molar-refractivity contribution in [2.75, 3.05) is 19.8 Å². The third kappa shape index (κ3) is 9.59. The molecule has 0 saturated heterocycles. The number of rotatable bonds is 15. The minimum atomic E-state index is -1.09. The highest BCUT2D eigenvalue weighted by molar-refractivity contribution is 6.05. The fourth-order valence-corrected chi connectivity index (χ4v) is 3.96. The fraction of sp³-hybridized carbons (Fsp3) is 0.400. The lowest BCUT2D eigenvalue weighted by Crippen LogP contribution is -2.36. The number of carboxylic acid groups (broad SMARTS) is 1. The minimum Gasteiger partial charge on any atom is -0.494 e. The van der Waals surface area contributed by atoms with E-state index in [0.29, 0.717) is 23.8 Å². The van der Waals surface area contributed by atoms with Crippen LogP contribution in [0.2, 0.25) is 0 Å². The van der Waals surface area contributed by atoms with Crippen molar-refractivity contribution in [1.29, 1.82) is 0 Å². The summed E-state index contributed by atoms with van der Waals surface area (Å²) >= 11 is 0. The zero-order valence-electron chi connectivity index (χ0n) is 21.8. The Labute approximate surface area is 227 Å². The maximum absolute atomic E-state index is 13.0. The first-order chi connectivity index (χ1) is 18.9. The van der Waals surface area contributed by atoms with E-state index < -0.39 is 23.8 Å². The van der Waals surface area contributed by atoms with Gasteiger partial charge in [-0.1, -0.05) is 37.1 Å². The van der Waals surface area contributed by atoms with Crippen LogP contribution in [-0.4, -0.2) is 48.6 Å². The van der Waals surface area contributed by atoms with Gasteiger partial charge < -0.3 is 25.2 Å². The molecule has 2 fully saturated rings. The third-order valence-electron chi connectivity index (χ3n) is 6.59. The highest BCUT2D eigenvalue weighted by Crippen LogP contribution is 2.40. The quantitative estimate of drug-likeness (QED) is 0.179. The van der Waals surface area contributed by atoms with Crippen molar-refractivity contribution in [2.24, 2.45) is 5.92 Å². The second kappa shape index (κ2) is 13.6. The van der Waals surface area contributed by atoms with E-state index >= 15 is 0 Å². The van der Waals surface area contributed by atoms with E-state index in [2.05, 4.69) is 10.6 Å². The van der Waals surface area contributed by atoms with E-state index in [9.17, 15) is 19.2 Å². The van der Waals surface area contributed by atoms with Gasteiger partial charge in [-0.25, -0.2) is 0 Å². The Kier molecular flexibility index (Phi) is 9.72. The minimum absolute atomic E-state index is 0.00162. The molecule has 0 radical (unpaired) electrons. The summed E-state index contributed by atoms with van der Waals surface area (Å²) in [6, 6.07) is 14.6. The summed E-state index contributed by atoms with van der Waals surface area (Å²) in [5, 5.41) is 14.0. The van der Waals surface area contributed by atoms with Crippen molar-refractivity contribution in [3.63, 3.8) is 0 Å². The van der Waals surface area contributed by atoms with Gasteiger partial charge in [-0.3, -0.25) is 19.2 Å². The number of carbonyl (C=O) groups excluding carboxylic acids is 3. The highest BCUT2D eigenvalue weighted by Gasteiger charge is 2.23. The molecule has 206 valence electrons. The Morgan fingerprint density at radius 3 is 2.26 bits per heavy atom. The maximum Gasteiger partial charge on any atom is 0.306 e. The first kappa shape index (κ1) is 27.9. The van der Waals surface area contributed by atoms with Crippen molar-refractivity contribution in [3.8, 4) is 5.75 Å². The number of benzene rings is 2. The largest absolute Gasteiger partial charge is 0.494 e. The highest BCUT2D eigenvalue weighted by atomic mass is 16.5. The summed E-state index contributed by atoms with van der Waals surface area (Å²) in [6.45, 7) is 0.528. The van der Waals surface area contributed by atoms with Crippen molar-refractivity contribution in [3.05, 3.63) is 70.9 Å². The Morgan fingerprint density at radius 2 is 1.62 bits per heavy atom. The van der Waals surface area contributed by atoms with Crippen LogP contribution in [0.5, 0.6) is 5.75 Å². The monoisotopic (exact) mass is 534 g/mol. The molecule has 2 saturated carbocycles. The molecule has 0 heterocycles. The van der Waals surface area contributed by atoms with E-state index in [4.69, 9.17) is 14.6 Å². The second-order valence-electron chi connectivity index (χ2n) is 9.93. The van der Waals surface area contributed by atoms with E-state index in [1.165, 1.54) is 31.2 Å². The van der Waals surface area contributed by atoms with Crippen LogP contribution in [0.1, 0.15) is 72.3 Å². The smallest absolute Gasteiger partial charge is 0.306 e. The lowest BCUT2D eigenvalue weighted by atomic mass is 10.1. The fourth-order valence-electron chi connectivity index (χ4n) is 3.96. The summed E-state index contributed by atoms with van der Waals surface area (Å²) in [5.41, 5.74) is 2.43. The van der Waals surface area contributed by atoms with Crippen LogP contribution < -0.4 is 15.4 Å². The average molecular weight is 535 g/mol. The third-order valence-corrected chi connectivity index (χ3v) is 6.59. The van der Waals surface area contributed by atoms with Gasteiger partial charge >= 0.3 is 11.9 Å². The Bertz CT molecular complexity index is 1200. The predicted octanol–water partition coefficient (Wildman–Crippen LogP) is 4.04. The van der Waals surface area contributed by atoms with E-state index in [1.807, 2.05) is 24.3 Å². The Morgan fingerprint density at radius 1 is 0.897 bits per heavy atom. The first-order valence-corrected chi connectivity index (χ1v) is 13.4. The van der Waals surface area contributed by atoms with Crippen LogP contribution in [0.4, 0.5) is 0 Å². The molecule has 3 N–H and O–H groups in total. The molecular formula is C30H34N2O7. The molecule has 2 aromatic carbocycles. The van der Waals surface area contributed by atoms with Crippen LogP contribution in [0.15, 0.2) is 54.2 Å². The molecule has 2 amide bonds. The molecule has 2 aromatic rings. The van der Waals surface area contributed by atoms with Gasteiger partial charge in [0.25, 0.3) is 11.8 Å². The Balaban J connectivity index is 1.35. The average Bonchev–Trinajstić information content (AvgIpc) is 3.85. The Hall–Kier alpha value is -4.14. The SMILES string of the molecule is O=C(O)CCC(=O)OCCNC(=O)C(=Cc1ccc(C2CC2)cc1)NC(=O)c1ccc(OCCC2CC2)cc1. The molecule has 0 unspecified atom stereocenters. The number of aliphatic carboxylic acids is 1. The predicted molar refractivity (Wildman–Crippen MR) is 144 cm³/mol. The van der Waals surface area contributed by atoms with Gasteiger partial charge in [-0.05, 0) is 72.6 Å². The maximum atomic E-state index is 13.0. The normalized spacial score (nSPS) is 14.8. The molecule has 9 nitrogen and oxygen atoms in total. The van der Waals surface area contributed by atoms with Gasteiger partial charge in [0.15, 0.2) is 0 Å². The van der Waals surface area contributed by atoms with Crippen molar-refractivity contribution < 1.29 is 33.8 Å². The molecule has 0 aliphatic heterocycles. The lowest BCUT2D eigenvalue weighted by Gasteiger charge is -2.12. The molecule has 4 rings (SSSR count). The molecule has 0 spiro atoms. The van der Waals surface area contributed by atoms with E-state index in [-0.39, 0.29) is 31.7 Å². The lowest BCUT2D eigenvalue weighted by molar-refractivity contribution is -0.147.